The molecule has 2 heterocycles. The Morgan fingerprint density at radius 3 is 2.62 bits per heavy atom. The Bertz CT molecular complexity index is 806. The number of hydrogen-bond acceptors (Lipinski definition) is 5. The fraction of sp³-hybridized carbons (Fsp3) is 0.333. The van der Waals surface area contributed by atoms with Crippen LogP contribution in [0.3, 0.4) is 0 Å². The minimum absolute atomic E-state index is 0.0695. The summed E-state index contributed by atoms with van der Waals surface area (Å²) in [5.74, 6) is -3.02. The van der Waals surface area contributed by atoms with Gasteiger partial charge in [-0.25, -0.2) is 13.6 Å². The number of nitrogens with one attached hydrogen (secondary N) is 2. The fourth-order valence-electron chi connectivity index (χ4n) is 2.36. The Balaban J connectivity index is 2.02. The quantitative estimate of drug-likeness (QED) is 0.750. The van der Waals surface area contributed by atoms with E-state index in [1.807, 2.05) is 0 Å². The molecule has 1 aliphatic rings. The van der Waals surface area contributed by atoms with Gasteiger partial charge in [0.25, 0.3) is 5.56 Å². The van der Waals surface area contributed by atoms with Crippen LogP contribution in [0, 0.1) is 0 Å². The maximum atomic E-state index is 13.0. The Morgan fingerprint density at radius 2 is 2.00 bits per heavy atom. The number of H-pyrrole nitrogens is 2. The van der Waals surface area contributed by atoms with Crippen LogP contribution >= 0.6 is 0 Å². The maximum absolute atomic E-state index is 13.0. The number of anilines is 1. The Kier molecular flexibility index (Phi) is 2.85. The molecule has 0 radical (unpaired) electrons. The van der Waals surface area contributed by atoms with Crippen molar-refractivity contribution in [2.45, 2.75) is 24.7 Å². The molecule has 0 aliphatic heterocycles. The second-order valence-corrected chi connectivity index (χ2v) is 5.02. The SMILES string of the molecule is Nc1nnc(-c2c[nH]c(=O)[nH]c2=O)cc1C1CC(F)(F)C1. The molecule has 7 nitrogen and oxygen atoms in total. The molecule has 0 spiro atoms. The standard InChI is InChI=1S/C12H11F2N5O2/c13-12(14)2-5(3-12)6-1-8(18-19-9(6)15)7-4-16-11(21)17-10(7)20/h1,4-5H,2-3H2,(H2,15,19)(H2,16,17,20,21). The van der Waals surface area contributed by atoms with Gasteiger partial charge < -0.3 is 10.7 Å². The lowest BCUT2D eigenvalue weighted by Gasteiger charge is -2.35. The summed E-state index contributed by atoms with van der Waals surface area (Å²) in [5, 5.41) is 7.48. The van der Waals surface area contributed by atoms with Crippen LogP contribution in [0.15, 0.2) is 21.9 Å². The molecule has 1 saturated carbocycles. The Labute approximate surface area is 116 Å². The molecule has 2 aromatic heterocycles. The first kappa shape index (κ1) is 13.4. The molecular formula is C12H11F2N5O2. The summed E-state index contributed by atoms with van der Waals surface area (Å²) in [6, 6.07) is 1.46. The van der Waals surface area contributed by atoms with Crippen molar-refractivity contribution < 1.29 is 8.78 Å². The summed E-state index contributed by atoms with van der Waals surface area (Å²) in [5.41, 5.74) is 5.09. The summed E-state index contributed by atoms with van der Waals surface area (Å²) in [7, 11) is 0. The summed E-state index contributed by atoms with van der Waals surface area (Å²) < 4.78 is 25.9. The minimum Gasteiger partial charge on any atom is -0.382 e. The molecule has 9 heteroatoms. The van der Waals surface area contributed by atoms with E-state index in [1.165, 1.54) is 12.3 Å². The van der Waals surface area contributed by atoms with E-state index in [9.17, 15) is 18.4 Å². The molecule has 0 bridgehead atoms. The highest BCUT2D eigenvalue weighted by atomic mass is 19.3. The van der Waals surface area contributed by atoms with Crippen LogP contribution in [-0.4, -0.2) is 26.1 Å². The van der Waals surface area contributed by atoms with Gasteiger partial charge in [0.15, 0.2) is 0 Å². The first-order valence-electron chi connectivity index (χ1n) is 6.19. The van der Waals surface area contributed by atoms with Crippen molar-refractivity contribution in [2.75, 3.05) is 5.73 Å². The van der Waals surface area contributed by atoms with Gasteiger partial charge in [0.1, 0.15) is 11.5 Å². The van der Waals surface area contributed by atoms with Crippen molar-refractivity contribution >= 4 is 5.82 Å². The van der Waals surface area contributed by atoms with Gasteiger partial charge in [0.05, 0.1) is 5.56 Å². The third-order valence-corrected chi connectivity index (χ3v) is 3.48. The largest absolute Gasteiger partial charge is 0.382 e. The molecule has 21 heavy (non-hydrogen) atoms. The highest BCUT2D eigenvalue weighted by Gasteiger charge is 2.46. The third kappa shape index (κ3) is 2.41. The minimum atomic E-state index is -2.68. The zero-order chi connectivity index (χ0) is 15.2. The number of nitrogens with zero attached hydrogens (tertiary/aromatic N) is 2. The van der Waals surface area contributed by atoms with Gasteiger partial charge in [-0.3, -0.25) is 9.78 Å². The van der Waals surface area contributed by atoms with Crippen LogP contribution in [0.1, 0.15) is 24.3 Å². The predicted molar refractivity (Wildman–Crippen MR) is 70.0 cm³/mol. The average molecular weight is 295 g/mol. The molecule has 0 saturated heterocycles. The lowest BCUT2D eigenvalue weighted by molar-refractivity contribution is -0.0866. The van der Waals surface area contributed by atoms with E-state index in [1.54, 1.807) is 0 Å². The molecule has 2 aromatic rings. The van der Waals surface area contributed by atoms with E-state index in [-0.39, 0.29) is 29.9 Å². The molecule has 0 unspecified atom stereocenters. The predicted octanol–water partition coefficient (Wildman–Crippen LogP) is 0.615. The number of hydrogen-bond donors (Lipinski definition) is 3. The fourth-order valence-corrected chi connectivity index (χ4v) is 2.36. The lowest BCUT2D eigenvalue weighted by atomic mass is 9.76. The number of nitrogens with two attached hydrogens (primary N) is 1. The number of alkyl halides is 2. The molecule has 110 valence electrons. The van der Waals surface area contributed by atoms with Crippen LogP contribution < -0.4 is 17.0 Å². The van der Waals surface area contributed by atoms with E-state index in [4.69, 9.17) is 5.73 Å². The molecule has 1 aliphatic carbocycles. The summed E-state index contributed by atoms with van der Waals surface area (Å²) in [6.07, 6.45) is 0.592. The van der Waals surface area contributed by atoms with E-state index in [0.717, 1.165) is 0 Å². The number of halogens is 2. The zero-order valence-corrected chi connectivity index (χ0v) is 10.7. The Morgan fingerprint density at radius 1 is 1.29 bits per heavy atom. The second-order valence-electron chi connectivity index (χ2n) is 5.02. The van der Waals surface area contributed by atoms with Gasteiger partial charge in [-0.2, -0.15) is 0 Å². The van der Waals surface area contributed by atoms with Gasteiger partial charge >= 0.3 is 5.69 Å². The van der Waals surface area contributed by atoms with Crippen LogP contribution in [-0.2, 0) is 0 Å². The monoisotopic (exact) mass is 295 g/mol. The van der Waals surface area contributed by atoms with Crippen molar-refractivity contribution in [3.63, 3.8) is 0 Å². The van der Waals surface area contributed by atoms with Crippen LogP contribution in [0.25, 0.3) is 11.3 Å². The van der Waals surface area contributed by atoms with E-state index in [2.05, 4.69) is 20.2 Å². The lowest BCUT2D eigenvalue weighted by Crippen LogP contribution is -2.34. The zero-order valence-electron chi connectivity index (χ0n) is 10.7. The molecular weight excluding hydrogens is 284 g/mol. The van der Waals surface area contributed by atoms with Crippen molar-refractivity contribution in [3.05, 3.63) is 38.7 Å². The Hall–Kier alpha value is -2.58. The topological polar surface area (TPSA) is 118 Å². The van der Waals surface area contributed by atoms with Gasteiger partial charge in [0, 0.05) is 24.6 Å². The van der Waals surface area contributed by atoms with E-state index in [0.29, 0.717) is 5.56 Å². The van der Waals surface area contributed by atoms with Crippen LogP contribution in [0.2, 0.25) is 0 Å². The van der Waals surface area contributed by atoms with Gasteiger partial charge in [-0.1, -0.05) is 0 Å². The molecule has 0 amide bonds. The average Bonchev–Trinajstić information content (AvgIpc) is 2.37. The number of aromatic amines is 2. The summed E-state index contributed by atoms with van der Waals surface area (Å²) >= 11 is 0. The third-order valence-electron chi connectivity index (χ3n) is 3.48. The molecule has 3 rings (SSSR count). The molecule has 0 aromatic carbocycles. The van der Waals surface area contributed by atoms with Gasteiger partial charge in [0.2, 0.25) is 5.92 Å². The highest BCUT2D eigenvalue weighted by molar-refractivity contribution is 5.60. The molecule has 4 N–H and O–H groups in total. The van der Waals surface area contributed by atoms with E-state index >= 15 is 0 Å². The van der Waals surface area contributed by atoms with Crippen molar-refractivity contribution in [3.8, 4) is 11.3 Å². The first-order chi connectivity index (χ1) is 9.85. The number of aromatic nitrogens is 4. The van der Waals surface area contributed by atoms with Gasteiger partial charge in [-0.05, 0) is 12.0 Å². The highest BCUT2D eigenvalue weighted by Crippen LogP contribution is 2.49. The smallest absolute Gasteiger partial charge is 0.325 e. The van der Waals surface area contributed by atoms with Gasteiger partial charge in [-0.15, -0.1) is 10.2 Å². The first-order valence-corrected chi connectivity index (χ1v) is 6.19. The van der Waals surface area contributed by atoms with Crippen molar-refractivity contribution in [2.24, 2.45) is 0 Å². The van der Waals surface area contributed by atoms with Crippen molar-refractivity contribution in [1.82, 2.24) is 20.2 Å². The summed E-state index contributed by atoms with van der Waals surface area (Å²) in [4.78, 5) is 27.0. The van der Waals surface area contributed by atoms with Crippen LogP contribution in [0.5, 0.6) is 0 Å². The van der Waals surface area contributed by atoms with E-state index < -0.39 is 23.1 Å². The number of nitrogen functional groups attached to an aromatic ring is 1. The van der Waals surface area contributed by atoms with Crippen LogP contribution in [0.4, 0.5) is 14.6 Å². The van der Waals surface area contributed by atoms with Crippen molar-refractivity contribution in [1.29, 1.82) is 0 Å². The molecule has 1 fully saturated rings. The maximum Gasteiger partial charge on any atom is 0.325 e. The second kappa shape index (κ2) is 4.47. The number of rotatable bonds is 2. The normalized spacial score (nSPS) is 17.4. The molecule has 0 atom stereocenters. The summed E-state index contributed by atoms with van der Waals surface area (Å²) in [6.45, 7) is 0.